The summed E-state index contributed by atoms with van der Waals surface area (Å²) in [6, 6.07) is 13.0. The molecule has 1 heterocycles. The lowest BCUT2D eigenvalue weighted by Gasteiger charge is -2.32. The summed E-state index contributed by atoms with van der Waals surface area (Å²) in [5.41, 5.74) is -0.559. The zero-order chi connectivity index (χ0) is 17.5. The smallest absolute Gasteiger partial charge is 0.403 e. The van der Waals surface area contributed by atoms with E-state index in [4.69, 9.17) is 9.31 Å². The van der Waals surface area contributed by atoms with Crippen molar-refractivity contribution >= 4 is 23.5 Å². The van der Waals surface area contributed by atoms with Crippen molar-refractivity contribution in [3.05, 3.63) is 54.1 Å². The molecule has 0 unspecified atom stereocenters. The van der Waals surface area contributed by atoms with Crippen LogP contribution in [0.4, 0.5) is 8.78 Å². The van der Waals surface area contributed by atoms with Gasteiger partial charge in [0.2, 0.25) is 0 Å². The van der Waals surface area contributed by atoms with Gasteiger partial charge < -0.3 is 9.31 Å². The molecule has 1 fully saturated rings. The van der Waals surface area contributed by atoms with Crippen LogP contribution in [-0.4, -0.2) is 18.3 Å². The van der Waals surface area contributed by atoms with Gasteiger partial charge in [0, 0.05) is 11.9 Å². The van der Waals surface area contributed by atoms with Crippen molar-refractivity contribution < 1.29 is 18.1 Å². The van der Waals surface area contributed by atoms with Gasteiger partial charge in [0.25, 0.3) is 6.08 Å². The predicted octanol–water partition coefficient (Wildman–Crippen LogP) is 5.54. The second-order valence-electron chi connectivity index (χ2n) is 7.16. The van der Waals surface area contributed by atoms with Gasteiger partial charge in [-0.3, -0.25) is 0 Å². The SMILES string of the molecule is CC1(C)OB(CC(=C(F)F)c2cccc3ccccc23)OC1(C)C. The van der Waals surface area contributed by atoms with Crippen molar-refractivity contribution in [1.29, 1.82) is 0 Å². The Kier molecular flexibility index (Phi) is 4.26. The summed E-state index contributed by atoms with van der Waals surface area (Å²) < 4.78 is 39.2. The molecule has 2 aromatic carbocycles. The number of halogens is 2. The van der Waals surface area contributed by atoms with E-state index < -0.39 is 24.4 Å². The highest BCUT2D eigenvalue weighted by molar-refractivity contribution is 6.48. The fourth-order valence-corrected chi connectivity index (χ4v) is 2.99. The Labute approximate surface area is 141 Å². The van der Waals surface area contributed by atoms with Crippen LogP contribution < -0.4 is 0 Å². The zero-order valence-corrected chi connectivity index (χ0v) is 14.4. The van der Waals surface area contributed by atoms with E-state index in [1.165, 1.54) is 0 Å². The van der Waals surface area contributed by atoms with Crippen LogP contribution in [0.15, 0.2) is 48.5 Å². The molecule has 0 aromatic heterocycles. The van der Waals surface area contributed by atoms with Gasteiger partial charge in [-0.2, -0.15) is 8.78 Å². The predicted molar refractivity (Wildman–Crippen MR) is 94.0 cm³/mol. The first-order chi connectivity index (χ1) is 11.2. The number of rotatable bonds is 3. The van der Waals surface area contributed by atoms with Gasteiger partial charge >= 0.3 is 7.12 Å². The summed E-state index contributed by atoms with van der Waals surface area (Å²) in [4.78, 5) is 0. The van der Waals surface area contributed by atoms with Crippen LogP contribution in [0.5, 0.6) is 0 Å². The third-order valence-corrected chi connectivity index (χ3v) is 5.02. The first-order valence-corrected chi connectivity index (χ1v) is 8.09. The molecular formula is C19H21BF2O2. The standard InChI is InChI=1S/C19H21BF2O2/c1-18(2)19(3,4)24-20(23-18)12-16(17(21)22)15-11-7-9-13-8-5-6-10-14(13)15/h5-11H,12H2,1-4H3. The zero-order valence-electron chi connectivity index (χ0n) is 14.4. The van der Waals surface area contributed by atoms with Crippen LogP contribution in [0.25, 0.3) is 16.3 Å². The van der Waals surface area contributed by atoms with Gasteiger partial charge in [0.05, 0.1) is 11.2 Å². The van der Waals surface area contributed by atoms with Gasteiger partial charge in [0.1, 0.15) is 0 Å². The molecule has 0 spiro atoms. The van der Waals surface area contributed by atoms with Gasteiger partial charge in [-0.15, -0.1) is 0 Å². The van der Waals surface area contributed by atoms with Crippen molar-refractivity contribution in [3.8, 4) is 0 Å². The molecular weight excluding hydrogens is 309 g/mol. The number of allylic oxidation sites excluding steroid dienone is 1. The Bertz CT molecular complexity index is 774. The molecule has 1 saturated heterocycles. The van der Waals surface area contributed by atoms with E-state index in [0.717, 1.165) is 10.8 Å². The topological polar surface area (TPSA) is 18.5 Å². The lowest BCUT2D eigenvalue weighted by molar-refractivity contribution is 0.00578. The maximum atomic E-state index is 13.7. The van der Waals surface area contributed by atoms with Crippen molar-refractivity contribution in [3.63, 3.8) is 0 Å². The summed E-state index contributed by atoms with van der Waals surface area (Å²) in [5, 5.41) is 1.74. The van der Waals surface area contributed by atoms with Crippen LogP contribution in [0.1, 0.15) is 33.3 Å². The minimum absolute atomic E-state index is 0.0171. The Hall–Kier alpha value is -1.72. The number of fused-ring (bicyclic) bond motifs is 1. The molecule has 0 bridgehead atoms. The quantitative estimate of drug-likeness (QED) is 0.688. The minimum atomic E-state index is -1.69. The summed E-state index contributed by atoms with van der Waals surface area (Å²) in [5.74, 6) is 0. The monoisotopic (exact) mass is 330 g/mol. The van der Waals surface area contributed by atoms with E-state index in [1.807, 2.05) is 58.0 Å². The molecule has 0 saturated carbocycles. The van der Waals surface area contributed by atoms with E-state index in [-0.39, 0.29) is 11.9 Å². The number of hydrogen-bond donors (Lipinski definition) is 0. The Morgan fingerprint density at radius 1 is 0.917 bits per heavy atom. The third kappa shape index (κ3) is 2.98. The first kappa shape index (κ1) is 17.1. The molecule has 0 N–H and O–H groups in total. The van der Waals surface area contributed by atoms with Gasteiger partial charge in [-0.25, -0.2) is 0 Å². The molecule has 24 heavy (non-hydrogen) atoms. The molecule has 0 atom stereocenters. The molecule has 1 aliphatic heterocycles. The average molecular weight is 330 g/mol. The molecule has 2 nitrogen and oxygen atoms in total. The molecule has 0 aliphatic carbocycles. The fourth-order valence-electron chi connectivity index (χ4n) is 2.99. The Morgan fingerprint density at radius 2 is 1.50 bits per heavy atom. The van der Waals surface area contributed by atoms with Crippen LogP contribution in [-0.2, 0) is 9.31 Å². The summed E-state index contributed by atoms with van der Waals surface area (Å²) in [7, 11) is -0.689. The molecule has 3 rings (SSSR count). The second kappa shape index (κ2) is 5.98. The lowest BCUT2D eigenvalue weighted by atomic mass is 9.78. The first-order valence-electron chi connectivity index (χ1n) is 8.09. The van der Waals surface area contributed by atoms with E-state index in [2.05, 4.69) is 0 Å². The van der Waals surface area contributed by atoms with E-state index in [0.29, 0.717) is 5.56 Å². The third-order valence-electron chi connectivity index (χ3n) is 5.02. The molecule has 126 valence electrons. The van der Waals surface area contributed by atoms with Crippen LogP contribution in [0.3, 0.4) is 0 Å². The van der Waals surface area contributed by atoms with Crippen molar-refractivity contribution in [1.82, 2.24) is 0 Å². The molecule has 1 aliphatic rings. The lowest BCUT2D eigenvalue weighted by Crippen LogP contribution is -2.41. The van der Waals surface area contributed by atoms with Crippen LogP contribution in [0, 0.1) is 0 Å². The largest absolute Gasteiger partial charge is 0.462 e. The van der Waals surface area contributed by atoms with Crippen molar-refractivity contribution in [2.24, 2.45) is 0 Å². The van der Waals surface area contributed by atoms with Crippen LogP contribution in [0.2, 0.25) is 6.32 Å². The van der Waals surface area contributed by atoms with Gasteiger partial charge in [0.15, 0.2) is 0 Å². The van der Waals surface area contributed by atoms with Crippen molar-refractivity contribution in [2.75, 3.05) is 0 Å². The van der Waals surface area contributed by atoms with Gasteiger partial charge in [-0.05, 0) is 44.0 Å². The highest BCUT2D eigenvalue weighted by Gasteiger charge is 2.51. The Morgan fingerprint density at radius 3 is 2.12 bits per heavy atom. The molecule has 0 amide bonds. The normalized spacial score (nSPS) is 18.8. The molecule has 2 aromatic rings. The number of hydrogen-bond acceptors (Lipinski definition) is 2. The summed E-state index contributed by atoms with van der Waals surface area (Å²) >= 11 is 0. The second-order valence-corrected chi connectivity index (χ2v) is 7.16. The van der Waals surface area contributed by atoms with Crippen LogP contribution >= 0.6 is 0 Å². The summed E-state index contributed by atoms with van der Waals surface area (Å²) in [6.07, 6.45) is -1.68. The maximum Gasteiger partial charge on any atom is 0.462 e. The van der Waals surface area contributed by atoms with Crippen molar-refractivity contribution in [2.45, 2.75) is 45.2 Å². The average Bonchev–Trinajstić information content (AvgIpc) is 2.71. The minimum Gasteiger partial charge on any atom is -0.403 e. The van der Waals surface area contributed by atoms with E-state index in [9.17, 15) is 8.78 Å². The summed E-state index contributed by atoms with van der Waals surface area (Å²) in [6.45, 7) is 7.67. The molecule has 5 heteroatoms. The highest BCUT2D eigenvalue weighted by atomic mass is 19.3. The number of benzene rings is 2. The highest BCUT2D eigenvalue weighted by Crippen LogP contribution is 2.41. The molecule has 0 radical (unpaired) electrons. The Balaban J connectivity index is 1.97. The van der Waals surface area contributed by atoms with E-state index in [1.54, 1.807) is 12.1 Å². The van der Waals surface area contributed by atoms with Gasteiger partial charge in [-0.1, -0.05) is 42.5 Å². The van der Waals surface area contributed by atoms with E-state index >= 15 is 0 Å². The fraction of sp³-hybridized carbons (Fsp3) is 0.368. The maximum absolute atomic E-state index is 13.7.